The van der Waals surface area contributed by atoms with Crippen LogP contribution in [0.15, 0.2) is 57.9 Å². The topological polar surface area (TPSA) is 69.7 Å². The first-order valence-corrected chi connectivity index (χ1v) is 12.1. The molecule has 2 aromatic rings. The molecular formula is C21H24BrN3O3S. The fourth-order valence-corrected chi connectivity index (χ4v) is 5.87. The number of likely N-dealkylation sites (tertiary alicyclic amines) is 1. The van der Waals surface area contributed by atoms with Gasteiger partial charge in [0.2, 0.25) is 10.0 Å². The molecule has 4 rings (SSSR count). The Balaban J connectivity index is 1.50. The SMILES string of the molecule is O=C(c1cc(S(=O)(=O)N2CCCC2)ccc1Br)N1CCC(Nc2ccccc2)C1. The normalized spacial score (nSPS) is 20.2. The monoisotopic (exact) mass is 477 g/mol. The molecule has 6 nitrogen and oxygen atoms in total. The summed E-state index contributed by atoms with van der Waals surface area (Å²) in [7, 11) is -3.56. The number of benzene rings is 2. The van der Waals surface area contributed by atoms with Crippen LogP contribution in [0.4, 0.5) is 5.69 Å². The molecule has 0 bridgehead atoms. The van der Waals surface area contributed by atoms with Gasteiger partial charge in [-0.2, -0.15) is 4.31 Å². The van der Waals surface area contributed by atoms with E-state index in [0.29, 0.717) is 36.2 Å². The quantitative estimate of drug-likeness (QED) is 0.714. The Bertz CT molecular complexity index is 991. The van der Waals surface area contributed by atoms with Crippen LogP contribution in [0.5, 0.6) is 0 Å². The van der Waals surface area contributed by atoms with E-state index >= 15 is 0 Å². The lowest BCUT2D eigenvalue weighted by Crippen LogP contribution is -2.32. The number of nitrogens with one attached hydrogen (secondary N) is 1. The van der Waals surface area contributed by atoms with Crippen LogP contribution in [0.25, 0.3) is 0 Å². The summed E-state index contributed by atoms with van der Waals surface area (Å²) in [5.41, 5.74) is 1.43. The minimum absolute atomic E-state index is 0.146. The molecule has 154 valence electrons. The third-order valence-electron chi connectivity index (χ3n) is 5.49. The number of carbonyl (C=O) groups is 1. The predicted octanol–water partition coefficient (Wildman–Crippen LogP) is 3.56. The van der Waals surface area contributed by atoms with Crippen molar-refractivity contribution in [1.82, 2.24) is 9.21 Å². The van der Waals surface area contributed by atoms with Gasteiger partial charge in [0.05, 0.1) is 10.5 Å². The first-order valence-electron chi connectivity index (χ1n) is 9.86. The highest BCUT2D eigenvalue weighted by Crippen LogP contribution is 2.27. The summed E-state index contributed by atoms with van der Waals surface area (Å²) in [5.74, 6) is -0.146. The van der Waals surface area contributed by atoms with Crippen LogP contribution in [0.3, 0.4) is 0 Å². The molecule has 1 amide bonds. The molecule has 2 aliphatic heterocycles. The Morgan fingerprint density at radius 2 is 1.76 bits per heavy atom. The van der Waals surface area contributed by atoms with Crippen molar-refractivity contribution in [3.05, 3.63) is 58.6 Å². The molecule has 8 heteroatoms. The second kappa shape index (κ2) is 8.45. The van der Waals surface area contributed by atoms with E-state index in [1.54, 1.807) is 17.0 Å². The summed E-state index contributed by atoms with van der Waals surface area (Å²) in [4.78, 5) is 15.1. The number of sulfonamides is 1. The van der Waals surface area contributed by atoms with Crippen molar-refractivity contribution < 1.29 is 13.2 Å². The molecule has 0 spiro atoms. The van der Waals surface area contributed by atoms with Crippen LogP contribution in [-0.4, -0.2) is 55.8 Å². The van der Waals surface area contributed by atoms with Crippen LogP contribution < -0.4 is 5.32 Å². The summed E-state index contributed by atoms with van der Waals surface area (Å²) in [6.45, 7) is 2.31. The van der Waals surface area contributed by atoms with E-state index in [1.807, 2.05) is 30.3 Å². The minimum Gasteiger partial charge on any atom is -0.380 e. The first-order chi connectivity index (χ1) is 13.9. The smallest absolute Gasteiger partial charge is 0.255 e. The van der Waals surface area contributed by atoms with Crippen LogP contribution in [-0.2, 0) is 10.0 Å². The Morgan fingerprint density at radius 3 is 2.48 bits per heavy atom. The number of carbonyl (C=O) groups excluding carboxylic acids is 1. The molecule has 2 saturated heterocycles. The molecule has 1 unspecified atom stereocenters. The van der Waals surface area contributed by atoms with Gasteiger partial charge in [0.1, 0.15) is 0 Å². The zero-order chi connectivity index (χ0) is 20.4. The second-order valence-electron chi connectivity index (χ2n) is 7.50. The maximum absolute atomic E-state index is 13.1. The van der Waals surface area contributed by atoms with Crippen LogP contribution >= 0.6 is 15.9 Å². The summed E-state index contributed by atoms with van der Waals surface area (Å²) in [5, 5.41) is 3.46. The van der Waals surface area contributed by atoms with Gasteiger partial charge in [-0.15, -0.1) is 0 Å². The van der Waals surface area contributed by atoms with Gasteiger partial charge in [-0.3, -0.25) is 4.79 Å². The van der Waals surface area contributed by atoms with Gasteiger partial charge >= 0.3 is 0 Å². The number of para-hydroxylation sites is 1. The van der Waals surface area contributed by atoms with Crippen LogP contribution in [0.2, 0.25) is 0 Å². The summed E-state index contributed by atoms with van der Waals surface area (Å²) < 4.78 is 27.9. The molecule has 2 aliphatic rings. The van der Waals surface area contributed by atoms with E-state index in [-0.39, 0.29) is 16.8 Å². The van der Waals surface area contributed by atoms with E-state index in [2.05, 4.69) is 21.2 Å². The van der Waals surface area contributed by atoms with Crippen LogP contribution in [0, 0.1) is 0 Å². The van der Waals surface area contributed by atoms with Gasteiger partial charge in [0.25, 0.3) is 5.91 Å². The molecule has 1 atom stereocenters. The van der Waals surface area contributed by atoms with E-state index in [9.17, 15) is 13.2 Å². The van der Waals surface area contributed by atoms with Crippen molar-refractivity contribution in [2.24, 2.45) is 0 Å². The van der Waals surface area contributed by atoms with Gasteiger partial charge in [-0.1, -0.05) is 18.2 Å². The lowest BCUT2D eigenvalue weighted by molar-refractivity contribution is 0.0790. The van der Waals surface area contributed by atoms with Crippen LogP contribution in [0.1, 0.15) is 29.6 Å². The molecule has 2 fully saturated rings. The molecular weight excluding hydrogens is 454 g/mol. The molecule has 29 heavy (non-hydrogen) atoms. The number of nitrogens with zero attached hydrogens (tertiary/aromatic N) is 2. The molecule has 0 aliphatic carbocycles. The zero-order valence-corrected chi connectivity index (χ0v) is 18.5. The Hall–Kier alpha value is -1.90. The van der Waals surface area contributed by atoms with Crippen molar-refractivity contribution in [2.75, 3.05) is 31.5 Å². The molecule has 1 N–H and O–H groups in total. The zero-order valence-electron chi connectivity index (χ0n) is 16.1. The average Bonchev–Trinajstić information content (AvgIpc) is 3.41. The lowest BCUT2D eigenvalue weighted by Gasteiger charge is -2.20. The molecule has 0 saturated carbocycles. The van der Waals surface area contributed by atoms with Crippen molar-refractivity contribution >= 4 is 37.5 Å². The fraction of sp³-hybridized carbons (Fsp3) is 0.381. The molecule has 0 aromatic heterocycles. The van der Waals surface area contributed by atoms with Gasteiger partial charge in [0.15, 0.2) is 0 Å². The largest absolute Gasteiger partial charge is 0.380 e. The average molecular weight is 478 g/mol. The highest BCUT2D eigenvalue weighted by molar-refractivity contribution is 9.10. The summed E-state index contributed by atoms with van der Waals surface area (Å²) in [6, 6.07) is 14.9. The van der Waals surface area contributed by atoms with Gasteiger partial charge < -0.3 is 10.2 Å². The number of amides is 1. The third-order valence-corrected chi connectivity index (χ3v) is 8.08. The number of anilines is 1. The standard InChI is InChI=1S/C21H24BrN3O3S/c22-20-9-8-18(29(27,28)25-11-4-5-12-25)14-19(20)21(26)24-13-10-17(15-24)23-16-6-2-1-3-7-16/h1-3,6-9,14,17,23H,4-5,10-13,15H2. The van der Waals surface area contributed by atoms with Crippen molar-refractivity contribution in [3.8, 4) is 0 Å². The van der Waals surface area contributed by atoms with E-state index in [0.717, 1.165) is 24.9 Å². The van der Waals surface area contributed by atoms with Gasteiger partial charge in [-0.05, 0) is 65.5 Å². The van der Waals surface area contributed by atoms with Crippen molar-refractivity contribution in [3.63, 3.8) is 0 Å². The number of halogens is 1. The lowest BCUT2D eigenvalue weighted by atomic mass is 10.2. The highest BCUT2D eigenvalue weighted by atomic mass is 79.9. The molecule has 2 aromatic carbocycles. The molecule has 2 heterocycles. The number of rotatable bonds is 5. The maximum Gasteiger partial charge on any atom is 0.255 e. The highest BCUT2D eigenvalue weighted by Gasteiger charge is 2.31. The first kappa shape index (κ1) is 20.4. The molecule has 0 radical (unpaired) electrons. The summed E-state index contributed by atoms with van der Waals surface area (Å²) in [6.07, 6.45) is 2.61. The fourth-order valence-electron chi connectivity index (χ4n) is 3.91. The Kier molecular flexibility index (Phi) is 5.94. The second-order valence-corrected chi connectivity index (χ2v) is 10.3. The van der Waals surface area contributed by atoms with Crippen molar-refractivity contribution in [2.45, 2.75) is 30.2 Å². The van der Waals surface area contributed by atoms with E-state index < -0.39 is 10.0 Å². The Labute approximate surface area is 180 Å². The van der Waals surface area contributed by atoms with Crippen molar-refractivity contribution in [1.29, 1.82) is 0 Å². The van der Waals surface area contributed by atoms with E-state index in [1.165, 1.54) is 10.4 Å². The predicted molar refractivity (Wildman–Crippen MR) is 117 cm³/mol. The summed E-state index contributed by atoms with van der Waals surface area (Å²) >= 11 is 3.43. The third kappa shape index (κ3) is 4.34. The van der Waals surface area contributed by atoms with E-state index in [4.69, 9.17) is 0 Å². The number of hydrogen-bond acceptors (Lipinski definition) is 4. The maximum atomic E-state index is 13.1. The Morgan fingerprint density at radius 1 is 1.03 bits per heavy atom. The minimum atomic E-state index is -3.56. The number of hydrogen-bond donors (Lipinski definition) is 1. The van der Waals surface area contributed by atoms with Gasteiger partial charge in [0, 0.05) is 42.4 Å². The van der Waals surface area contributed by atoms with Gasteiger partial charge in [-0.25, -0.2) is 8.42 Å².